The first-order valence-corrected chi connectivity index (χ1v) is 9.52. The zero-order valence-corrected chi connectivity index (χ0v) is 16.7. The number of benzene rings is 1. The molecule has 0 saturated carbocycles. The molecule has 2 heterocycles. The van der Waals surface area contributed by atoms with Crippen molar-refractivity contribution >= 4 is 22.6 Å². The second kappa shape index (κ2) is 8.36. The normalized spacial score (nSPS) is 16.8. The van der Waals surface area contributed by atoms with Crippen molar-refractivity contribution in [3.05, 3.63) is 33.9 Å². The van der Waals surface area contributed by atoms with Crippen LogP contribution in [0, 0.1) is 5.82 Å². The number of hydrogen-bond donors (Lipinski definition) is 1. The molecule has 0 amide bonds. The number of carboxylic acids is 1. The number of carboxylic acid groups (broad SMARTS) is 1. The summed E-state index contributed by atoms with van der Waals surface area (Å²) in [6.07, 6.45) is 1.94. The molecule has 1 N–H and O–H groups in total. The first-order chi connectivity index (χ1) is 13.8. The molecule has 158 valence electrons. The van der Waals surface area contributed by atoms with Crippen LogP contribution in [0.5, 0.6) is 5.75 Å². The zero-order valence-electron chi connectivity index (χ0n) is 16.7. The van der Waals surface area contributed by atoms with Crippen LogP contribution in [0.2, 0.25) is 0 Å². The number of rotatable bonds is 7. The largest absolute Gasteiger partial charge is 0.492 e. The predicted octanol–water partition coefficient (Wildman–Crippen LogP) is 2.35. The van der Waals surface area contributed by atoms with E-state index in [1.165, 1.54) is 11.7 Å². The molecule has 1 aliphatic heterocycles. The summed E-state index contributed by atoms with van der Waals surface area (Å²) in [5.74, 6) is -2.00. The average Bonchev–Trinajstić information content (AvgIpc) is 3.18. The molecule has 29 heavy (non-hydrogen) atoms. The summed E-state index contributed by atoms with van der Waals surface area (Å²) in [4.78, 5) is 28.1. The average molecular weight is 409 g/mol. The van der Waals surface area contributed by atoms with Gasteiger partial charge in [-0.3, -0.25) is 4.79 Å². The van der Waals surface area contributed by atoms with Gasteiger partial charge in [-0.1, -0.05) is 6.92 Å². The van der Waals surface area contributed by atoms with Crippen LogP contribution in [0.3, 0.4) is 0 Å². The maximum absolute atomic E-state index is 15.2. The van der Waals surface area contributed by atoms with Crippen molar-refractivity contribution in [1.29, 1.82) is 0 Å². The van der Waals surface area contributed by atoms with E-state index < -0.39 is 29.5 Å². The van der Waals surface area contributed by atoms with Gasteiger partial charge in [0.25, 0.3) is 0 Å². The highest BCUT2D eigenvalue weighted by molar-refractivity contribution is 5.97. The number of aromatic nitrogens is 1. The fourth-order valence-electron chi connectivity index (χ4n) is 3.96. The Morgan fingerprint density at radius 2 is 2.17 bits per heavy atom. The molecule has 1 aromatic heterocycles. The third kappa shape index (κ3) is 3.66. The summed E-state index contributed by atoms with van der Waals surface area (Å²) in [5.41, 5.74) is -0.951. The molecule has 3 rings (SSSR count). The monoisotopic (exact) mass is 409 g/mol. The molecular weight excluding hydrogens is 384 g/mol. The lowest BCUT2D eigenvalue weighted by Gasteiger charge is -2.26. The molecule has 7 nitrogen and oxygen atoms in total. The van der Waals surface area contributed by atoms with Gasteiger partial charge in [-0.05, 0) is 26.1 Å². The van der Waals surface area contributed by atoms with E-state index in [1.54, 1.807) is 0 Å². The van der Waals surface area contributed by atoms with Gasteiger partial charge in [0, 0.05) is 25.3 Å². The number of hydrogen-bond acceptors (Lipinski definition) is 5. The maximum atomic E-state index is 15.2. The first kappa shape index (κ1) is 21.0. The quantitative estimate of drug-likeness (QED) is 0.757. The third-order valence-corrected chi connectivity index (χ3v) is 5.61. The van der Waals surface area contributed by atoms with Gasteiger partial charge in [0.2, 0.25) is 5.43 Å². The van der Waals surface area contributed by atoms with Crippen molar-refractivity contribution in [1.82, 2.24) is 9.47 Å². The standard InChI is InChI=1S/C20H25F2N3O4/c1-4-23(2)12-5-7-24(10-12)17-15(22)9-13-16(19(17)29-3)25(8-6-21)11-14(18(13)26)20(27)28/h9,11-12H,4-8,10H2,1-3H3,(H,27,28). The van der Waals surface area contributed by atoms with Crippen LogP contribution in [-0.4, -0.2) is 67.1 Å². The summed E-state index contributed by atoms with van der Waals surface area (Å²) in [6, 6.07) is 1.29. The molecule has 1 unspecified atom stereocenters. The Morgan fingerprint density at radius 1 is 1.45 bits per heavy atom. The second-order valence-corrected chi connectivity index (χ2v) is 7.16. The number of fused-ring (bicyclic) bond motifs is 1. The van der Waals surface area contributed by atoms with E-state index in [0.29, 0.717) is 13.1 Å². The molecule has 0 radical (unpaired) electrons. The maximum Gasteiger partial charge on any atom is 0.341 e. The minimum atomic E-state index is -1.45. The Hall–Kier alpha value is -2.68. The third-order valence-electron chi connectivity index (χ3n) is 5.61. The molecule has 9 heteroatoms. The Labute approximate surface area is 167 Å². The van der Waals surface area contributed by atoms with Crippen LogP contribution in [0.25, 0.3) is 10.9 Å². The highest BCUT2D eigenvalue weighted by Crippen LogP contribution is 2.39. The number of methoxy groups -OCH3 is 1. The van der Waals surface area contributed by atoms with Crippen LogP contribution < -0.4 is 15.1 Å². The van der Waals surface area contributed by atoms with E-state index in [9.17, 15) is 19.1 Å². The van der Waals surface area contributed by atoms with Gasteiger partial charge in [-0.25, -0.2) is 13.6 Å². The molecular formula is C20H25F2N3O4. The first-order valence-electron chi connectivity index (χ1n) is 9.52. The predicted molar refractivity (Wildman–Crippen MR) is 107 cm³/mol. The molecule has 1 aromatic carbocycles. The van der Waals surface area contributed by atoms with E-state index in [-0.39, 0.29) is 34.9 Å². The zero-order chi connectivity index (χ0) is 21.3. The van der Waals surface area contributed by atoms with E-state index in [0.717, 1.165) is 25.2 Å². The van der Waals surface area contributed by atoms with E-state index in [2.05, 4.69) is 11.8 Å². The Bertz CT molecular complexity index is 992. The number of halogens is 2. The Kier molecular flexibility index (Phi) is 6.07. The summed E-state index contributed by atoms with van der Waals surface area (Å²) in [5, 5.41) is 9.16. The number of aromatic carboxylic acids is 1. The fraction of sp³-hybridized carbons (Fsp3) is 0.500. The number of pyridine rings is 1. The van der Waals surface area contributed by atoms with Gasteiger partial charge in [0.1, 0.15) is 17.9 Å². The van der Waals surface area contributed by atoms with Crippen LogP contribution in [0.1, 0.15) is 23.7 Å². The SMILES string of the molecule is CCN(C)C1CCN(c2c(F)cc3c(=O)c(C(=O)O)cn(CCF)c3c2OC)C1. The second-order valence-electron chi connectivity index (χ2n) is 7.16. The van der Waals surface area contributed by atoms with Crippen LogP contribution in [0.15, 0.2) is 17.1 Å². The van der Waals surface area contributed by atoms with Crippen molar-refractivity contribution in [2.24, 2.45) is 0 Å². The molecule has 1 atom stereocenters. The molecule has 2 aromatic rings. The van der Waals surface area contributed by atoms with Crippen molar-refractivity contribution in [2.45, 2.75) is 25.9 Å². The number of likely N-dealkylation sites (N-methyl/N-ethyl adjacent to an activating group) is 1. The van der Waals surface area contributed by atoms with E-state index in [4.69, 9.17) is 4.74 Å². The van der Waals surface area contributed by atoms with Crippen molar-refractivity contribution in [3.8, 4) is 5.75 Å². The minimum Gasteiger partial charge on any atom is -0.492 e. The Balaban J connectivity index is 2.24. The molecule has 1 aliphatic rings. The summed E-state index contributed by atoms with van der Waals surface area (Å²) in [7, 11) is 3.37. The van der Waals surface area contributed by atoms with Gasteiger partial charge in [0.15, 0.2) is 11.6 Å². The van der Waals surface area contributed by atoms with E-state index >= 15 is 4.39 Å². The van der Waals surface area contributed by atoms with Crippen LogP contribution in [0.4, 0.5) is 14.5 Å². The summed E-state index contributed by atoms with van der Waals surface area (Å²) in [6.45, 7) is 3.15. The molecule has 1 fully saturated rings. The number of carbonyl (C=O) groups is 1. The highest BCUT2D eigenvalue weighted by Gasteiger charge is 2.31. The lowest BCUT2D eigenvalue weighted by Crippen LogP contribution is -2.34. The molecule has 0 bridgehead atoms. The number of alkyl halides is 1. The fourth-order valence-corrected chi connectivity index (χ4v) is 3.96. The van der Waals surface area contributed by atoms with Gasteiger partial charge in [0.05, 0.1) is 24.6 Å². The minimum absolute atomic E-state index is 0.113. The van der Waals surface area contributed by atoms with Crippen molar-refractivity contribution in [3.63, 3.8) is 0 Å². The van der Waals surface area contributed by atoms with E-state index in [1.807, 2.05) is 11.9 Å². The summed E-state index contributed by atoms with van der Waals surface area (Å²) >= 11 is 0. The number of anilines is 1. The Morgan fingerprint density at radius 3 is 2.76 bits per heavy atom. The lowest BCUT2D eigenvalue weighted by atomic mass is 10.1. The molecule has 1 saturated heterocycles. The smallest absolute Gasteiger partial charge is 0.341 e. The summed E-state index contributed by atoms with van der Waals surface area (Å²) < 4.78 is 35.1. The lowest BCUT2D eigenvalue weighted by molar-refractivity contribution is 0.0694. The van der Waals surface area contributed by atoms with Gasteiger partial charge >= 0.3 is 5.97 Å². The van der Waals surface area contributed by atoms with Crippen LogP contribution in [-0.2, 0) is 6.54 Å². The highest BCUT2D eigenvalue weighted by atomic mass is 19.1. The van der Waals surface area contributed by atoms with Crippen molar-refractivity contribution < 1.29 is 23.4 Å². The van der Waals surface area contributed by atoms with Gasteiger partial charge < -0.3 is 24.2 Å². The number of ether oxygens (including phenoxy) is 1. The van der Waals surface area contributed by atoms with Crippen LogP contribution >= 0.6 is 0 Å². The van der Waals surface area contributed by atoms with Gasteiger partial charge in [-0.2, -0.15) is 0 Å². The molecule has 0 spiro atoms. The topological polar surface area (TPSA) is 75.0 Å². The number of nitrogens with zero attached hydrogens (tertiary/aromatic N) is 3. The van der Waals surface area contributed by atoms with Crippen molar-refractivity contribution in [2.75, 3.05) is 45.4 Å². The van der Waals surface area contributed by atoms with Gasteiger partial charge in [-0.15, -0.1) is 0 Å². The molecule has 0 aliphatic carbocycles. The number of aryl methyl sites for hydroxylation is 1.